The predicted octanol–water partition coefficient (Wildman–Crippen LogP) is 4.76. The third-order valence-corrected chi connectivity index (χ3v) is 6.87. The Bertz CT molecular complexity index is 1230. The summed E-state index contributed by atoms with van der Waals surface area (Å²) in [6, 6.07) is 22.7. The van der Waals surface area contributed by atoms with E-state index in [0.717, 1.165) is 28.5 Å². The minimum Gasteiger partial charge on any atom is -0.495 e. The number of carbonyl (C=O) groups is 1. The number of hydrogen-bond donors (Lipinski definition) is 1. The minimum absolute atomic E-state index is 0.137. The summed E-state index contributed by atoms with van der Waals surface area (Å²) in [6.45, 7) is 4.26. The standard InChI is InChI=1S/C27H32N2O4S/c1-20-16-17-23(21(2)19-20)27(22-11-6-5-7-12-22)28-26(30)15-10-18-29(34(4,31)32)24-13-8-9-14-25(24)33-3/h5-9,11-14,16-17,19,27H,10,15,18H2,1-4H3,(H,28,30). The number of nitrogens with zero attached hydrogens (tertiary/aromatic N) is 1. The normalized spacial score (nSPS) is 12.1. The highest BCUT2D eigenvalue weighted by Gasteiger charge is 2.22. The van der Waals surface area contributed by atoms with Crippen LogP contribution in [0.25, 0.3) is 0 Å². The van der Waals surface area contributed by atoms with Crippen LogP contribution in [0.3, 0.4) is 0 Å². The summed E-state index contributed by atoms with van der Waals surface area (Å²) in [6.07, 6.45) is 1.71. The van der Waals surface area contributed by atoms with E-state index < -0.39 is 10.0 Å². The van der Waals surface area contributed by atoms with E-state index in [4.69, 9.17) is 4.74 Å². The SMILES string of the molecule is COc1ccccc1N(CCCC(=O)NC(c1ccccc1)c1ccc(C)cc1C)S(C)(=O)=O. The van der Waals surface area contributed by atoms with E-state index >= 15 is 0 Å². The molecule has 1 amide bonds. The zero-order valence-corrected chi connectivity index (χ0v) is 20.9. The van der Waals surface area contributed by atoms with Gasteiger partial charge in [0.05, 0.1) is 25.1 Å². The summed E-state index contributed by atoms with van der Waals surface area (Å²) in [5.41, 5.74) is 4.77. The van der Waals surface area contributed by atoms with Gasteiger partial charge in [0.15, 0.2) is 0 Å². The molecule has 0 aromatic heterocycles. The lowest BCUT2D eigenvalue weighted by Gasteiger charge is -2.25. The first-order chi connectivity index (χ1) is 16.2. The molecule has 0 aliphatic carbocycles. The van der Waals surface area contributed by atoms with Crippen LogP contribution in [-0.2, 0) is 14.8 Å². The molecule has 3 aromatic rings. The van der Waals surface area contributed by atoms with Gasteiger partial charge in [-0.15, -0.1) is 0 Å². The van der Waals surface area contributed by atoms with E-state index in [9.17, 15) is 13.2 Å². The number of sulfonamides is 1. The van der Waals surface area contributed by atoms with E-state index in [0.29, 0.717) is 17.9 Å². The highest BCUT2D eigenvalue weighted by atomic mass is 32.2. The van der Waals surface area contributed by atoms with Crippen LogP contribution >= 0.6 is 0 Å². The number of anilines is 1. The highest BCUT2D eigenvalue weighted by molar-refractivity contribution is 7.92. The van der Waals surface area contributed by atoms with Gasteiger partial charge < -0.3 is 10.1 Å². The fraction of sp³-hybridized carbons (Fsp3) is 0.296. The Labute approximate surface area is 202 Å². The van der Waals surface area contributed by atoms with E-state index in [-0.39, 0.29) is 24.9 Å². The number of nitrogens with one attached hydrogen (secondary N) is 1. The van der Waals surface area contributed by atoms with Crippen LogP contribution < -0.4 is 14.4 Å². The molecule has 0 bridgehead atoms. The molecule has 3 aromatic carbocycles. The molecule has 0 saturated heterocycles. The summed E-state index contributed by atoms with van der Waals surface area (Å²) >= 11 is 0. The second kappa shape index (κ2) is 11.2. The first kappa shape index (κ1) is 25.3. The number of methoxy groups -OCH3 is 1. The Hall–Kier alpha value is -3.32. The Balaban J connectivity index is 1.74. The number of ether oxygens (including phenoxy) is 1. The summed E-state index contributed by atoms with van der Waals surface area (Å²) in [4.78, 5) is 13.0. The second-order valence-corrected chi connectivity index (χ2v) is 10.3. The first-order valence-corrected chi connectivity index (χ1v) is 13.1. The predicted molar refractivity (Wildman–Crippen MR) is 137 cm³/mol. The Morgan fingerprint density at radius 3 is 2.32 bits per heavy atom. The molecule has 3 rings (SSSR count). The quantitative estimate of drug-likeness (QED) is 0.454. The van der Waals surface area contributed by atoms with Crippen LogP contribution in [-0.4, -0.2) is 34.2 Å². The van der Waals surface area contributed by atoms with Crippen molar-refractivity contribution in [3.05, 3.63) is 95.1 Å². The van der Waals surface area contributed by atoms with Crippen molar-refractivity contribution in [1.82, 2.24) is 5.32 Å². The summed E-state index contributed by atoms with van der Waals surface area (Å²) in [5, 5.41) is 3.15. The fourth-order valence-corrected chi connectivity index (χ4v) is 5.02. The maximum atomic E-state index is 13.0. The Morgan fingerprint density at radius 1 is 1.00 bits per heavy atom. The number of para-hydroxylation sites is 2. The lowest BCUT2D eigenvalue weighted by molar-refractivity contribution is -0.121. The van der Waals surface area contributed by atoms with Crippen molar-refractivity contribution in [3.8, 4) is 5.75 Å². The van der Waals surface area contributed by atoms with Crippen molar-refractivity contribution in [2.45, 2.75) is 32.7 Å². The van der Waals surface area contributed by atoms with Gasteiger partial charge in [0.2, 0.25) is 15.9 Å². The van der Waals surface area contributed by atoms with Gasteiger partial charge in [-0.2, -0.15) is 0 Å². The van der Waals surface area contributed by atoms with Gasteiger partial charge in [0, 0.05) is 13.0 Å². The van der Waals surface area contributed by atoms with Crippen LogP contribution in [0.2, 0.25) is 0 Å². The van der Waals surface area contributed by atoms with Crippen LogP contribution in [0, 0.1) is 13.8 Å². The summed E-state index contributed by atoms with van der Waals surface area (Å²) < 4.78 is 31.5. The highest BCUT2D eigenvalue weighted by Crippen LogP contribution is 2.30. The number of amides is 1. The van der Waals surface area contributed by atoms with Gasteiger partial charge >= 0.3 is 0 Å². The average Bonchev–Trinajstić information content (AvgIpc) is 2.80. The molecule has 0 spiro atoms. The fourth-order valence-electron chi connectivity index (χ4n) is 4.05. The van der Waals surface area contributed by atoms with Crippen molar-refractivity contribution in [1.29, 1.82) is 0 Å². The van der Waals surface area contributed by atoms with Crippen LogP contribution in [0.5, 0.6) is 5.75 Å². The third-order valence-electron chi connectivity index (χ3n) is 5.69. The monoisotopic (exact) mass is 480 g/mol. The number of hydrogen-bond acceptors (Lipinski definition) is 4. The average molecular weight is 481 g/mol. The molecule has 6 nitrogen and oxygen atoms in total. The smallest absolute Gasteiger partial charge is 0.232 e. The molecule has 0 aliphatic rings. The lowest BCUT2D eigenvalue weighted by Crippen LogP contribution is -2.33. The van der Waals surface area contributed by atoms with E-state index in [1.165, 1.54) is 11.4 Å². The molecule has 0 aliphatic heterocycles. The first-order valence-electron chi connectivity index (χ1n) is 11.2. The third kappa shape index (κ3) is 6.38. The number of benzene rings is 3. The van der Waals surface area contributed by atoms with Crippen LogP contribution in [0.1, 0.15) is 41.1 Å². The van der Waals surface area contributed by atoms with Crippen molar-refractivity contribution < 1.29 is 17.9 Å². The number of rotatable bonds is 10. The van der Waals surface area contributed by atoms with Gasteiger partial charge in [-0.05, 0) is 49.1 Å². The van der Waals surface area contributed by atoms with Crippen molar-refractivity contribution in [2.75, 3.05) is 24.2 Å². The molecule has 0 radical (unpaired) electrons. The van der Waals surface area contributed by atoms with E-state index in [1.807, 2.05) is 50.2 Å². The van der Waals surface area contributed by atoms with Crippen LogP contribution in [0.15, 0.2) is 72.8 Å². The molecule has 7 heteroatoms. The van der Waals surface area contributed by atoms with Gasteiger partial charge in [0.25, 0.3) is 0 Å². The van der Waals surface area contributed by atoms with Gasteiger partial charge in [0.1, 0.15) is 5.75 Å². The maximum absolute atomic E-state index is 13.0. The number of carbonyl (C=O) groups excluding carboxylic acids is 1. The van der Waals surface area contributed by atoms with Crippen LogP contribution in [0.4, 0.5) is 5.69 Å². The van der Waals surface area contributed by atoms with Gasteiger partial charge in [-0.25, -0.2) is 8.42 Å². The zero-order valence-electron chi connectivity index (χ0n) is 20.1. The molecule has 1 atom stereocenters. The number of aryl methyl sites for hydroxylation is 2. The summed E-state index contributed by atoms with van der Waals surface area (Å²) in [7, 11) is -2.04. The lowest BCUT2D eigenvalue weighted by atomic mass is 9.93. The zero-order chi connectivity index (χ0) is 24.7. The molecule has 0 fully saturated rings. The molecule has 1 unspecified atom stereocenters. The minimum atomic E-state index is -3.55. The molecule has 180 valence electrons. The van der Waals surface area contributed by atoms with Gasteiger partial charge in [-0.3, -0.25) is 9.10 Å². The van der Waals surface area contributed by atoms with E-state index in [1.54, 1.807) is 24.3 Å². The van der Waals surface area contributed by atoms with Crippen molar-refractivity contribution in [2.24, 2.45) is 0 Å². The Morgan fingerprint density at radius 2 is 1.68 bits per heavy atom. The Kier molecular flexibility index (Phi) is 8.34. The van der Waals surface area contributed by atoms with Crippen molar-refractivity contribution in [3.63, 3.8) is 0 Å². The molecule has 0 saturated carbocycles. The largest absolute Gasteiger partial charge is 0.495 e. The molecule has 1 N–H and O–H groups in total. The molecular formula is C27H32N2O4S. The molecule has 0 heterocycles. The van der Waals surface area contributed by atoms with Crippen molar-refractivity contribution >= 4 is 21.6 Å². The second-order valence-electron chi connectivity index (χ2n) is 8.38. The maximum Gasteiger partial charge on any atom is 0.232 e. The summed E-state index contributed by atoms with van der Waals surface area (Å²) in [5.74, 6) is 0.332. The molecular weight excluding hydrogens is 448 g/mol. The topological polar surface area (TPSA) is 75.7 Å². The van der Waals surface area contributed by atoms with Gasteiger partial charge in [-0.1, -0.05) is 66.2 Å². The van der Waals surface area contributed by atoms with E-state index in [2.05, 4.69) is 17.4 Å². The molecule has 34 heavy (non-hydrogen) atoms.